The number of nitrogens with zero attached hydrogens (tertiary/aromatic N) is 3. The zero-order chi connectivity index (χ0) is 12.1. The summed E-state index contributed by atoms with van der Waals surface area (Å²) >= 11 is 0. The molecule has 2 unspecified atom stereocenters. The molecule has 0 heterocycles. The Labute approximate surface area is 99.0 Å². The number of carbonyl (C=O) groups is 1. The number of hydrogen-bond acceptors (Lipinski definition) is 3. The number of benzene rings is 1. The van der Waals surface area contributed by atoms with Crippen molar-refractivity contribution in [3.05, 3.63) is 46.3 Å². The Morgan fingerprint density at radius 2 is 2.12 bits per heavy atom. The van der Waals surface area contributed by atoms with Gasteiger partial charge in [-0.25, -0.2) is 4.79 Å². The van der Waals surface area contributed by atoms with E-state index in [1.165, 1.54) is 0 Å². The van der Waals surface area contributed by atoms with Crippen LogP contribution in [0.5, 0.6) is 0 Å². The van der Waals surface area contributed by atoms with Crippen molar-refractivity contribution >= 4 is 5.97 Å². The van der Waals surface area contributed by atoms with Crippen molar-refractivity contribution in [1.29, 1.82) is 0 Å². The van der Waals surface area contributed by atoms with Crippen molar-refractivity contribution < 1.29 is 9.53 Å². The largest absolute Gasteiger partial charge is 0.459 e. The van der Waals surface area contributed by atoms with Crippen LogP contribution < -0.4 is 0 Å². The van der Waals surface area contributed by atoms with E-state index < -0.39 is 0 Å². The molecule has 2 rings (SSSR count). The van der Waals surface area contributed by atoms with Gasteiger partial charge >= 0.3 is 5.97 Å². The van der Waals surface area contributed by atoms with Gasteiger partial charge < -0.3 is 4.74 Å². The second kappa shape index (κ2) is 5.37. The maximum absolute atomic E-state index is 11.7. The molecule has 17 heavy (non-hydrogen) atoms. The lowest BCUT2D eigenvalue weighted by Gasteiger charge is -2.11. The number of ether oxygens (including phenoxy) is 1. The highest BCUT2D eigenvalue weighted by Gasteiger charge is 2.26. The average Bonchev–Trinajstić information content (AvgIpc) is 2.78. The van der Waals surface area contributed by atoms with Crippen LogP contribution in [0.15, 0.2) is 35.4 Å². The van der Waals surface area contributed by atoms with E-state index in [9.17, 15) is 4.79 Å². The minimum atomic E-state index is -0.308. The van der Waals surface area contributed by atoms with Gasteiger partial charge in [-0.2, -0.15) is 0 Å². The van der Waals surface area contributed by atoms with Crippen molar-refractivity contribution in [3.8, 4) is 0 Å². The number of esters is 1. The van der Waals surface area contributed by atoms with Crippen LogP contribution in [0.25, 0.3) is 10.4 Å². The molecule has 1 aromatic rings. The molecule has 0 radical (unpaired) electrons. The molecule has 88 valence electrons. The number of hydrogen-bond donors (Lipinski definition) is 0. The van der Waals surface area contributed by atoms with Gasteiger partial charge in [-0.15, -0.1) is 0 Å². The summed E-state index contributed by atoms with van der Waals surface area (Å²) in [4.78, 5) is 14.5. The number of rotatable bonds is 3. The van der Waals surface area contributed by atoms with Crippen molar-refractivity contribution in [2.24, 2.45) is 5.11 Å². The molecule has 5 nitrogen and oxygen atoms in total. The summed E-state index contributed by atoms with van der Waals surface area (Å²) in [6.45, 7) is 0. The Hall–Kier alpha value is -2.00. The third kappa shape index (κ3) is 2.98. The lowest BCUT2D eigenvalue weighted by atomic mass is 10.2. The van der Waals surface area contributed by atoms with Gasteiger partial charge in [-0.05, 0) is 36.9 Å². The van der Waals surface area contributed by atoms with E-state index in [0.717, 1.165) is 12.8 Å². The molecule has 1 fully saturated rings. The molecule has 0 spiro atoms. The van der Waals surface area contributed by atoms with Gasteiger partial charge in [0.1, 0.15) is 6.10 Å². The smallest absolute Gasteiger partial charge is 0.338 e. The highest BCUT2D eigenvalue weighted by atomic mass is 16.5. The molecule has 1 aliphatic rings. The Morgan fingerprint density at radius 3 is 2.82 bits per heavy atom. The van der Waals surface area contributed by atoms with E-state index in [2.05, 4.69) is 10.0 Å². The molecule has 5 heteroatoms. The van der Waals surface area contributed by atoms with Crippen LogP contribution in [-0.2, 0) is 4.74 Å². The standard InChI is InChI=1S/C12H13N3O2/c13-15-14-10-6-7-11(8-10)17-12(16)9-4-2-1-3-5-9/h1-5,10-11H,6-8H2. The monoisotopic (exact) mass is 231 g/mol. The lowest BCUT2D eigenvalue weighted by Crippen LogP contribution is -2.15. The second-order valence-corrected chi connectivity index (χ2v) is 4.07. The summed E-state index contributed by atoms with van der Waals surface area (Å²) in [6, 6.07) is 8.87. The predicted octanol–water partition coefficient (Wildman–Crippen LogP) is 3.07. The zero-order valence-electron chi connectivity index (χ0n) is 9.32. The van der Waals surface area contributed by atoms with Gasteiger partial charge in [0, 0.05) is 11.0 Å². The Bertz CT molecular complexity index is 440. The van der Waals surface area contributed by atoms with Crippen LogP contribution in [0.1, 0.15) is 29.6 Å². The third-order valence-electron chi connectivity index (χ3n) is 2.85. The second-order valence-electron chi connectivity index (χ2n) is 4.07. The molecule has 0 bridgehead atoms. The SMILES string of the molecule is [N-]=[N+]=NC1CCC(OC(=O)c2ccccc2)C1. The van der Waals surface area contributed by atoms with Crippen molar-refractivity contribution in [2.75, 3.05) is 0 Å². The predicted molar refractivity (Wildman–Crippen MR) is 62.4 cm³/mol. The van der Waals surface area contributed by atoms with E-state index in [1.54, 1.807) is 24.3 Å². The fourth-order valence-corrected chi connectivity index (χ4v) is 2.00. The van der Waals surface area contributed by atoms with Crippen LogP contribution in [0, 0.1) is 0 Å². The van der Waals surface area contributed by atoms with Gasteiger partial charge in [0.15, 0.2) is 0 Å². The highest BCUT2D eigenvalue weighted by Crippen LogP contribution is 2.25. The Morgan fingerprint density at radius 1 is 1.35 bits per heavy atom. The average molecular weight is 231 g/mol. The van der Waals surface area contributed by atoms with E-state index in [0.29, 0.717) is 12.0 Å². The van der Waals surface area contributed by atoms with E-state index in [-0.39, 0.29) is 18.1 Å². The van der Waals surface area contributed by atoms with Crippen LogP contribution >= 0.6 is 0 Å². The van der Waals surface area contributed by atoms with Crippen LogP contribution in [0.3, 0.4) is 0 Å². The molecule has 0 aromatic heterocycles. The lowest BCUT2D eigenvalue weighted by molar-refractivity contribution is 0.0315. The number of azide groups is 1. The molecule has 0 N–H and O–H groups in total. The minimum absolute atomic E-state index is 0.0337. The highest BCUT2D eigenvalue weighted by molar-refractivity contribution is 5.89. The quantitative estimate of drug-likeness (QED) is 0.347. The Balaban J connectivity index is 1.91. The molecular weight excluding hydrogens is 218 g/mol. The molecule has 0 saturated heterocycles. The third-order valence-corrected chi connectivity index (χ3v) is 2.85. The summed E-state index contributed by atoms with van der Waals surface area (Å²) in [5.41, 5.74) is 8.88. The summed E-state index contributed by atoms with van der Waals surface area (Å²) in [5.74, 6) is -0.308. The van der Waals surface area contributed by atoms with E-state index in [4.69, 9.17) is 10.3 Å². The normalized spacial score (nSPS) is 22.8. The van der Waals surface area contributed by atoms with Crippen LogP contribution in [-0.4, -0.2) is 18.1 Å². The molecule has 2 atom stereocenters. The first-order chi connectivity index (χ1) is 8.29. The summed E-state index contributed by atoms with van der Waals surface area (Å²) in [7, 11) is 0. The fraction of sp³-hybridized carbons (Fsp3) is 0.417. The molecule has 0 amide bonds. The van der Waals surface area contributed by atoms with Crippen LogP contribution in [0.2, 0.25) is 0 Å². The first-order valence-electron chi connectivity index (χ1n) is 5.60. The van der Waals surface area contributed by atoms with Crippen molar-refractivity contribution in [3.63, 3.8) is 0 Å². The summed E-state index contributed by atoms with van der Waals surface area (Å²) in [6.07, 6.45) is 2.06. The van der Waals surface area contributed by atoms with Crippen LogP contribution in [0.4, 0.5) is 0 Å². The maximum atomic E-state index is 11.7. The first kappa shape index (κ1) is 11.5. The van der Waals surface area contributed by atoms with Gasteiger partial charge in [0.25, 0.3) is 0 Å². The first-order valence-corrected chi connectivity index (χ1v) is 5.60. The van der Waals surface area contributed by atoms with Crippen molar-refractivity contribution in [2.45, 2.75) is 31.4 Å². The molecule has 0 aliphatic heterocycles. The summed E-state index contributed by atoms with van der Waals surface area (Å²) < 4.78 is 5.35. The van der Waals surface area contributed by atoms with E-state index in [1.807, 2.05) is 6.07 Å². The summed E-state index contributed by atoms with van der Waals surface area (Å²) in [5, 5.41) is 3.64. The maximum Gasteiger partial charge on any atom is 0.338 e. The van der Waals surface area contributed by atoms with Gasteiger partial charge in [-0.1, -0.05) is 23.3 Å². The Kier molecular flexibility index (Phi) is 3.62. The van der Waals surface area contributed by atoms with Gasteiger partial charge in [0.05, 0.1) is 5.56 Å². The molecule has 1 saturated carbocycles. The fourth-order valence-electron chi connectivity index (χ4n) is 2.00. The zero-order valence-corrected chi connectivity index (χ0v) is 9.32. The van der Waals surface area contributed by atoms with Crippen molar-refractivity contribution in [1.82, 2.24) is 0 Å². The molecule has 1 aliphatic carbocycles. The topological polar surface area (TPSA) is 75.1 Å². The molecule has 1 aromatic carbocycles. The van der Waals surface area contributed by atoms with Gasteiger partial charge in [0.2, 0.25) is 0 Å². The molecular formula is C12H13N3O2. The minimum Gasteiger partial charge on any atom is -0.459 e. The van der Waals surface area contributed by atoms with E-state index >= 15 is 0 Å². The number of carbonyl (C=O) groups excluding carboxylic acids is 1. The van der Waals surface area contributed by atoms with Gasteiger partial charge in [-0.3, -0.25) is 0 Å².